The lowest BCUT2D eigenvalue weighted by molar-refractivity contribution is 0.0752. The van der Waals surface area contributed by atoms with Crippen molar-refractivity contribution in [3.63, 3.8) is 0 Å². The van der Waals surface area contributed by atoms with Crippen molar-refractivity contribution in [3.05, 3.63) is 0 Å². The number of aliphatic hydroxyl groups is 3. The Hall–Kier alpha value is -0.160. The van der Waals surface area contributed by atoms with Crippen molar-refractivity contribution in [2.75, 3.05) is 33.0 Å². The minimum atomic E-state index is -0.125. The molecule has 0 aliphatic rings. The molecular weight excluding hydrogens is 160 g/mol. The number of aliphatic hydroxyl groups excluding tert-OH is 3. The smallest absolute Gasteiger partial charge is 0.0697 e. The van der Waals surface area contributed by atoms with E-state index >= 15 is 0 Å². The fraction of sp³-hybridized carbons (Fsp3) is 1.00. The third kappa shape index (κ3) is 22.5. The molecule has 0 aliphatic heterocycles. The predicted octanol–water partition coefficient (Wildman–Crippen LogP) is -0.378. The Labute approximate surface area is 73.8 Å². The highest BCUT2D eigenvalue weighted by Gasteiger charge is 1.90. The van der Waals surface area contributed by atoms with E-state index in [0.29, 0.717) is 12.5 Å². The van der Waals surface area contributed by atoms with Gasteiger partial charge in [-0.15, -0.1) is 0 Å². The first-order chi connectivity index (χ1) is 5.68. The lowest BCUT2D eigenvalue weighted by atomic mass is 10.2. The highest BCUT2D eigenvalue weighted by atomic mass is 16.5. The molecule has 3 N–H and O–H groups in total. The summed E-state index contributed by atoms with van der Waals surface area (Å²) in [6.07, 6.45) is 0. The summed E-state index contributed by atoms with van der Waals surface area (Å²) < 4.78 is 4.99. The van der Waals surface area contributed by atoms with Crippen LogP contribution in [0.2, 0.25) is 0 Å². The van der Waals surface area contributed by atoms with Crippen LogP contribution in [-0.4, -0.2) is 48.4 Å². The normalized spacial score (nSPS) is 9.50. The van der Waals surface area contributed by atoms with Crippen LogP contribution in [0.15, 0.2) is 0 Å². The Morgan fingerprint density at radius 3 is 1.75 bits per heavy atom. The average Bonchev–Trinajstić information content (AvgIpc) is 2.05. The van der Waals surface area contributed by atoms with E-state index in [-0.39, 0.29) is 19.8 Å². The Kier molecular flexibility index (Phi) is 16.1. The fourth-order valence-electron chi connectivity index (χ4n) is 0.384. The van der Waals surface area contributed by atoms with E-state index in [0.717, 1.165) is 6.61 Å². The molecule has 0 rings (SSSR count). The molecule has 4 heteroatoms. The molecule has 0 aromatic carbocycles. The monoisotopic (exact) mass is 180 g/mol. The molecule has 4 nitrogen and oxygen atoms in total. The molecule has 0 bridgehead atoms. The first-order valence-electron chi connectivity index (χ1n) is 4.09. The maximum atomic E-state index is 8.25. The van der Waals surface area contributed by atoms with Gasteiger partial charge in [0.15, 0.2) is 0 Å². The van der Waals surface area contributed by atoms with Gasteiger partial charge in [0, 0.05) is 6.61 Å². The summed E-state index contributed by atoms with van der Waals surface area (Å²) in [6.45, 7) is 5.26. The van der Waals surface area contributed by atoms with Crippen LogP contribution in [-0.2, 0) is 4.74 Å². The zero-order chi connectivity index (χ0) is 9.82. The summed E-state index contributed by atoms with van der Waals surface area (Å²) >= 11 is 0. The predicted molar refractivity (Wildman–Crippen MR) is 46.9 cm³/mol. The molecule has 0 unspecified atom stereocenters. The van der Waals surface area contributed by atoms with Gasteiger partial charge in [0.05, 0.1) is 26.4 Å². The quantitative estimate of drug-likeness (QED) is 0.504. The fourth-order valence-corrected chi connectivity index (χ4v) is 0.384. The van der Waals surface area contributed by atoms with Crippen LogP contribution in [0.1, 0.15) is 13.8 Å². The second-order valence-corrected chi connectivity index (χ2v) is 2.64. The number of hydrogen-bond acceptors (Lipinski definition) is 4. The van der Waals surface area contributed by atoms with Crippen molar-refractivity contribution in [3.8, 4) is 0 Å². The number of hydrogen-bond donors (Lipinski definition) is 3. The Morgan fingerprint density at radius 1 is 1.00 bits per heavy atom. The van der Waals surface area contributed by atoms with Crippen LogP contribution in [0.25, 0.3) is 0 Å². The molecule has 0 aromatic heterocycles. The molecule has 0 aromatic rings. The molecule has 12 heavy (non-hydrogen) atoms. The van der Waals surface area contributed by atoms with Gasteiger partial charge in [-0.2, -0.15) is 0 Å². The van der Waals surface area contributed by atoms with Crippen molar-refractivity contribution < 1.29 is 20.1 Å². The summed E-state index contributed by atoms with van der Waals surface area (Å²) in [5.41, 5.74) is 0. The van der Waals surface area contributed by atoms with Crippen LogP contribution in [0.4, 0.5) is 0 Å². The minimum absolute atomic E-state index is 0.125. The van der Waals surface area contributed by atoms with Crippen LogP contribution >= 0.6 is 0 Å². The third-order valence-corrected chi connectivity index (χ3v) is 0.787. The lowest BCUT2D eigenvalue weighted by Gasteiger charge is -2.03. The Morgan fingerprint density at radius 2 is 1.50 bits per heavy atom. The Bertz CT molecular complexity index is 64.1. The summed E-state index contributed by atoms with van der Waals surface area (Å²) in [6, 6.07) is 0. The van der Waals surface area contributed by atoms with E-state index in [1.807, 2.05) is 0 Å². The van der Waals surface area contributed by atoms with Crippen LogP contribution < -0.4 is 0 Å². The van der Waals surface area contributed by atoms with E-state index < -0.39 is 0 Å². The summed E-state index contributed by atoms with van der Waals surface area (Å²) in [4.78, 5) is 0. The Balaban J connectivity index is 0. The summed E-state index contributed by atoms with van der Waals surface area (Å²) in [5.74, 6) is 0.571. The summed E-state index contributed by atoms with van der Waals surface area (Å²) in [7, 11) is 0. The average molecular weight is 180 g/mol. The first kappa shape index (κ1) is 14.4. The molecule has 0 radical (unpaired) electrons. The molecule has 0 spiro atoms. The highest BCUT2D eigenvalue weighted by Crippen LogP contribution is 1.90. The second kappa shape index (κ2) is 13.4. The molecule has 0 amide bonds. The van der Waals surface area contributed by atoms with Crippen molar-refractivity contribution in [2.45, 2.75) is 13.8 Å². The largest absolute Gasteiger partial charge is 0.394 e. The SMILES string of the molecule is CC(C)COCCO.OCCO. The zero-order valence-corrected chi connectivity index (χ0v) is 7.86. The van der Waals surface area contributed by atoms with Gasteiger partial charge in [-0.3, -0.25) is 0 Å². The van der Waals surface area contributed by atoms with Crippen LogP contribution in [0.3, 0.4) is 0 Å². The van der Waals surface area contributed by atoms with E-state index in [1.165, 1.54) is 0 Å². The maximum absolute atomic E-state index is 8.25. The van der Waals surface area contributed by atoms with Crippen molar-refractivity contribution >= 4 is 0 Å². The molecule has 76 valence electrons. The van der Waals surface area contributed by atoms with E-state index in [1.54, 1.807) is 0 Å². The van der Waals surface area contributed by atoms with Gasteiger partial charge >= 0.3 is 0 Å². The van der Waals surface area contributed by atoms with Gasteiger partial charge in [0.2, 0.25) is 0 Å². The van der Waals surface area contributed by atoms with Gasteiger partial charge in [-0.05, 0) is 5.92 Å². The van der Waals surface area contributed by atoms with Gasteiger partial charge < -0.3 is 20.1 Å². The van der Waals surface area contributed by atoms with E-state index in [4.69, 9.17) is 20.1 Å². The maximum Gasteiger partial charge on any atom is 0.0697 e. The van der Waals surface area contributed by atoms with Crippen LogP contribution in [0, 0.1) is 5.92 Å². The van der Waals surface area contributed by atoms with Crippen molar-refractivity contribution in [2.24, 2.45) is 5.92 Å². The van der Waals surface area contributed by atoms with E-state index in [9.17, 15) is 0 Å². The number of rotatable bonds is 5. The molecule has 0 saturated heterocycles. The summed E-state index contributed by atoms with van der Waals surface area (Å²) in [5, 5.41) is 23.5. The second-order valence-electron chi connectivity index (χ2n) is 2.64. The minimum Gasteiger partial charge on any atom is -0.394 e. The lowest BCUT2D eigenvalue weighted by Crippen LogP contribution is -2.05. The third-order valence-electron chi connectivity index (χ3n) is 0.787. The molecule has 0 aliphatic carbocycles. The zero-order valence-electron chi connectivity index (χ0n) is 7.86. The molecule has 0 saturated carbocycles. The van der Waals surface area contributed by atoms with Gasteiger partial charge in [0.1, 0.15) is 0 Å². The molecule has 0 atom stereocenters. The highest BCUT2D eigenvalue weighted by molar-refractivity contribution is 4.38. The van der Waals surface area contributed by atoms with E-state index in [2.05, 4.69) is 13.8 Å². The topological polar surface area (TPSA) is 69.9 Å². The first-order valence-corrected chi connectivity index (χ1v) is 4.09. The van der Waals surface area contributed by atoms with Gasteiger partial charge in [0.25, 0.3) is 0 Å². The molecule has 0 fully saturated rings. The van der Waals surface area contributed by atoms with Crippen molar-refractivity contribution in [1.82, 2.24) is 0 Å². The number of ether oxygens (including phenoxy) is 1. The molecule has 0 heterocycles. The van der Waals surface area contributed by atoms with Gasteiger partial charge in [-0.25, -0.2) is 0 Å². The van der Waals surface area contributed by atoms with Crippen LogP contribution in [0.5, 0.6) is 0 Å². The standard InChI is InChI=1S/C6H14O2.C2H6O2/c1-6(2)5-8-4-3-7;3-1-2-4/h6-7H,3-5H2,1-2H3;3-4H,1-2H2. The molecular formula is C8H20O4. The van der Waals surface area contributed by atoms with Gasteiger partial charge in [-0.1, -0.05) is 13.8 Å². The van der Waals surface area contributed by atoms with Crippen molar-refractivity contribution in [1.29, 1.82) is 0 Å².